The third kappa shape index (κ3) is 5.05. The number of tetrazole rings is 1. The van der Waals surface area contributed by atoms with E-state index in [0.717, 1.165) is 66.7 Å². The first-order valence-electron chi connectivity index (χ1n) is 13.2. The fourth-order valence-corrected chi connectivity index (χ4v) is 6.08. The molecule has 35 heavy (non-hydrogen) atoms. The van der Waals surface area contributed by atoms with Gasteiger partial charge in [-0.25, -0.2) is 4.68 Å². The Balaban J connectivity index is 1.53. The Morgan fingerprint density at radius 1 is 1.14 bits per heavy atom. The van der Waals surface area contributed by atoms with Crippen molar-refractivity contribution in [2.24, 2.45) is 5.92 Å². The predicted octanol–water partition coefficient (Wildman–Crippen LogP) is 4.62. The maximum Gasteiger partial charge on any atom is 0.252 e. The number of ether oxygens (including phenoxy) is 1. The van der Waals surface area contributed by atoms with Gasteiger partial charge in [-0.15, -0.1) is 5.10 Å². The molecule has 1 aliphatic carbocycles. The monoisotopic (exact) mass is 478 g/mol. The Hall–Kier alpha value is -2.58. The number of aromatic nitrogens is 5. The summed E-state index contributed by atoms with van der Waals surface area (Å²) >= 11 is 0. The van der Waals surface area contributed by atoms with Crippen LogP contribution in [0.4, 0.5) is 0 Å². The molecule has 5 rings (SSSR count). The molecule has 188 valence electrons. The van der Waals surface area contributed by atoms with Crippen LogP contribution in [0, 0.1) is 19.8 Å². The van der Waals surface area contributed by atoms with E-state index < -0.39 is 0 Å². The number of aryl methyl sites for hydroxylation is 2. The maximum atomic E-state index is 13.2. The second kappa shape index (κ2) is 10.2. The smallest absolute Gasteiger partial charge is 0.252 e. The fraction of sp³-hybridized carbons (Fsp3) is 0.630. The molecule has 1 saturated heterocycles. The Bertz CT molecular complexity index is 1220. The highest BCUT2D eigenvalue weighted by molar-refractivity contribution is 5.82. The normalized spacial score (nSPS) is 20.0. The Morgan fingerprint density at radius 2 is 1.94 bits per heavy atom. The van der Waals surface area contributed by atoms with Crippen LogP contribution in [0.15, 0.2) is 23.0 Å². The number of pyridine rings is 1. The first-order chi connectivity index (χ1) is 16.9. The number of rotatable bonds is 8. The number of hydrogen-bond acceptors (Lipinski definition) is 6. The van der Waals surface area contributed by atoms with Gasteiger partial charge in [-0.2, -0.15) is 0 Å². The Kier molecular flexibility index (Phi) is 7.02. The highest BCUT2D eigenvalue weighted by atomic mass is 16.5. The van der Waals surface area contributed by atoms with Crippen LogP contribution in [0.5, 0.6) is 0 Å². The van der Waals surface area contributed by atoms with Crippen molar-refractivity contribution in [2.45, 2.75) is 91.0 Å². The van der Waals surface area contributed by atoms with E-state index in [2.05, 4.69) is 69.1 Å². The summed E-state index contributed by atoms with van der Waals surface area (Å²) in [6, 6.07) is 6.67. The SMILES string of the molecule is Cc1cc(C)c2[nH]c(=O)c(CN(CC3CCCO3)C(c3nnnn3C3CCCC3)C(C)C)cc2c1. The van der Waals surface area contributed by atoms with E-state index in [4.69, 9.17) is 4.74 Å². The molecule has 0 amide bonds. The van der Waals surface area contributed by atoms with E-state index in [9.17, 15) is 4.79 Å². The van der Waals surface area contributed by atoms with Crippen molar-refractivity contribution in [1.29, 1.82) is 0 Å². The van der Waals surface area contributed by atoms with Gasteiger partial charge in [0.15, 0.2) is 5.82 Å². The van der Waals surface area contributed by atoms with Crippen LogP contribution in [0.1, 0.15) is 87.0 Å². The van der Waals surface area contributed by atoms with Crippen LogP contribution in [0.3, 0.4) is 0 Å². The second-order valence-corrected chi connectivity index (χ2v) is 10.8. The average Bonchev–Trinajstić information content (AvgIpc) is 3.57. The minimum Gasteiger partial charge on any atom is -0.377 e. The van der Waals surface area contributed by atoms with Gasteiger partial charge in [-0.1, -0.05) is 38.3 Å². The van der Waals surface area contributed by atoms with Crippen molar-refractivity contribution in [2.75, 3.05) is 13.2 Å². The van der Waals surface area contributed by atoms with Gasteiger partial charge in [-0.05, 0) is 79.0 Å². The lowest BCUT2D eigenvalue weighted by atomic mass is 9.99. The van der Waals surface area contributed by atoms with Crippen LogP contribution in [0.2, 0.25) is 0 Å². The van der Waals surface area contributed by atoms with E-state index in [-0.39, 0.29) is 23.6 Å². The molecule has 1 saturated carbocycles. The largest absolute Gasteiger partial charge is 0.377 e. The van der Waals surface area contributed by atoms with Crippen molar-refractivity contribution >= 4 is 10.9 Å². The highest BCUT2D eigenvalue weighted by Gasteiger charge is 2.34. The lowest BCUT2D eigenvalue weighted by Crippen LogP contribution is -2.40. The average molecular weight is 479 g/mol. The molecule has 2 aromatic heterocycles. The second-order valence-electron chi connectivity index (χ2n) is 10.8. The summed E-state index contributed by atoms with van der Waals surface area (Å²) in [4.78, 5) is 18.8. The molecule has 3 heterocycles. The molecule has 2 atom stereocenters. The molecule has 8 heteroatoms. The lowest BCUT2D eigenvalue weighted by Gasteiger charge is -2.35. The van der Waals surface area contributed by atoms with Crippen LogP contribution in [-0.2, 0) is 11.3 Å². The quantitative estimate of drug-likeness (QED) is 0.508. The number of fused-ring (bicyclic) bond motifs is 1. The number of aromatic amines is 1. The number of H-pyrrole nitrogens is 1. The third-order valence-electron chi connectivity index (χ3n) is 7.68. The highest BCUT2D eigenvalue weighted by Crippen LogP contribution is 2.35. The summed E-state index contributed by atoms with van der Waals surface area (Å²) in [6.45, 7) is 10.7. The first kappa shape index (κ1) is 24.1. The molecule has 0 radical (unpaired) electrons. The van der Waals surface area contributed by atoms with Gasteiger partial charge in [0.05, 0.1) is 23.7 Å². The van der Waals surface area contributed by atoms with Crippen LogP contribution in [0.25, 0.3) is 10.9 Å². The zero-order chi connectivity index (χ0) is 24.5. The van der Waals surface area contributed by atoms with Crippen molar-refractivity contribution in [3.05, 3.63) is 51.1 Å². The van der Waals surface area contributed by atoms with Gasteiger partial charge < -0.3 is 9.72 Å². The minimum absolute atomic E-state index is 0.0101. The molecule has 2 unspecified atom stereocenters. The van der Waals surface area contributed by atoms with Gasteiger partial charge in [0.1, 0.15) is 0 Å². The van der Waals surface area contributed by atoms with Gasteiger partial charge in [0.2, 0.25) is 0 Å². The summed E-state index contributed by atoms with van der Waals surface area (Å²) < 4.78 is 8.11. The molecule has 0 bridgehead atoms. The van der Waals surface area contributed by atoms with E-state index in [1.54, 1.807) is 0 Å². The molecule has 1 aromatic carbocycles. The standard InChI is InChI=1S/C27H38N6O2/c1-17(2)25(26-29-30-31-33(26)22-8-5-6-9-22)32(16-23-10-7-11-35-23)15-21-14-20-13-18(3)12-19(4)24(20)28-27(21)34/h12-14,17,22-23,25H,5-11,15-16H2,1-4H3,(H,28,34). The van der Waals surface area contributed by atoms with Crippen LogP contribution < -0.4 is 5.56 Å². The molecule has 0 spiro atoms. The zero-order valence-corrected chi connectivity index (χ0v) is 21.5. The van der Waals surface area contributed by atoms with Crippen molar-refractivity contribution in [3.63, 3.8) is 0 Å². The molecular weight excluding hydrogens is 440 g/mol. The molecule has 2 aliphatic rings. The number of nitrogens with one attached hydrogen (secondary N) is 1. The van der Waals surface area contributed by atoms with Gasteiger partial charge in [-0.3, -0.25) is 9.69 Å². The molecule has 1 aliphatic heterocycles. The minimum atomic E-state index is -0.0281. The summed E-state index contributed by atoms with van der Waals surface area (Å²) in [7, 11) is 0. The number of nitrogens with zero attached hydrogens (tertiary/aromatic N) is 5. The molecule has 1 N–H and O–H groups in total. The van der Waals surface area contributed by atoms with Crippen LogP contribution in [-0.4, -0.2) is 49.3 Å². The van der Waals surface area contributed by atoms with Crippen molar-refractivity contribution < 1.29 is 4.74 Å². The lowest BCUT2D eigenvalue weighted by molar-refractivity contribution is 0.0379. The van der Waals surface area contributed by atoms with E-state index in [0.29, 0.717) is 12.6 Å². The van der Waals surface area contributed by atoms with E-state index in [1.165, 1.54) is 18.4 Å². The van der Waals surface area contributed by atoms with Gasteiger partial charge in [0.25, 0.3) is 5.56 Å². The fourth-order valence-electron chi connectivity index (χ4n) is 6.08. The van der Waals surface area contributed by atoms with E-state index in [1.807, 2.05) is 6.92 Å². The molecule has 8 nitrogen and oxygen atoms in total. The summed E-state index contributed by atoms with van der Waals surface area (Å²) in [5.41, 5.74) is 3.95. The molecule has 3 aromatic rings. The van der Waals surface area contributed by atoms with Crippen LogP contribution >= 0.6 is 0 Å². The van der Waals surface area contributed by atoms with Crippen molar-refractivity contribution in [1.82, 2.24) is 30.1 Å². The predicted molar refractivity (Wildman–Crippen MR) is 136 cm³/mol. The maximum absolute atomic E-state index is 13.2. The van der Waals surface area contributed by atoms with Crippen molar-refractivity contribution in [3.8, 4) is 0 Å². The molecule has 2 fully saturated rings. The summed E-state index contributed by atoms with van der Waals surface area (Å²) in [5.74, 6) is 1.18. The first-order valence-corrected chi connectivity index (χ1v) is 13.2. The van der Waals surface area contributed by atoms with E-state index >= 15 is 0 Å². The Labute approximate surface area is 207 Å². The Morgan fingerprint density at radius 3 is 2.66 bits per heavy atom. The topological polar surface area (TPSA) is 88.9 Å². The van der Waals surface area contributed by atoms with Gasteiger partial charge in [0, 0.05) is 25.3 Å². The van der Waals surface area contributed by atoms with Gasteiger partial charge >= 0.3 is 0 Å². The number of benzene rings is 1. The summed E-state index contributed by atoms with van der Waals surface area (Å²) in [6.07, 6.45) is 6.98. The summed E-state index contributed by atoms with van der Waals surface area (Å²) in [5, 5.41) is 14.2. The zero-order valence-electron chi connectivity index (χ0n) is 21.5. The third-order valence-corrected chi connectivity index (χ3v) is 7.68. The number of hydrogen-bond donors (Lipinski definition) is 1. The molecular formula is C27H38N6O2.